The number of hydrogen-bond acceptors (Lipinski definition) is 4. The third kappa shape index (κ3) is 7.01. The van der Waals surface area contributed by atoms with Crippen LogP contribution in [0.4, 0.5) is 0 Å². The van der Waals surface area contributed by atoms with Crippen LogP contribution in [-0.4, -0.2) is 36.5 Å². The summed E-state index contributed by atoms with van der Waals surface area (Å²) in [6.07, 6.45) is -0.105. The second kappa shape index (κ2) is 13.3. The van der Waals surface area contributed by atoms with Gasteiger partial charge in [0.15, 0.2) is 6.10 Å². The van der Waals surface area contributed by atoms with Crippen LogP contribution in [0.3, 0.4) is 0 Å². The van der Waals surface area contributed by atoms with Gasteiger partial charge in [0.05, 0.1) is 13.2 Å². The van der Waals surface area contributed by atoms with E-state index in [1.165, 1.54) is 22.5 Å². The minimum atomic E-state index is -0.585. The van der Waals surface area contributed by atoms with Crippen LogP contribution in [0, 0.1) is 0 Å². The normalized spacial score (nSPS) is 12.2. The van der Waals surface area contributed by atoms with Crippen LogP contribution in [0.1, 0.15) is 70.3 Å². The van der Waals surface area contributed by atoms with E-state index in [4.69, 9.17) is 14.2 Å². The number of carbonyl (C=O) groups excluding carboxylic acids is 1. The van der Waals surface area contributed by atoms with Gasteiger partial charge < -0.3 is 18.8 Å². The Morgan fingerprint density at radius 3 is 2.17 bits per heavy atom. The fraction of sp³-hybridized carbons (Fsp3) is 0.452. The Morgan fingerprint density at radius 2 is 1.58 bits per heavy atom. The molecular weight excluding hydrogens is 450 g/mol. The van der Waals surface area contributed by atoms with Gasteiger partial charge in [-0.1, -0.05) is 70.2 Å². The van der Waals surface area contributed by atoms with E-state index >= 15 is 0 Å². The molecule has 3 aromatic rings. The Labute approximate surface area is 216 Å². The van der Waals surface area contributed by atoms with Crippen LogP contribution >= 0.6 is 0 Å². The highest BCUT2D eigenvalue weighted by atomic mass is 16.6. The van der Waals surface area contributed by atoms with E-state index in [2.05, 4.69) is 68.7 Å². The largest absolute Gasteiger partial charge is 0.492 e. The summed E-state index contributed by atoms with van der Waals surface area (Å²) in [5, 5.41) is 0. The maximum Gasteiger partial charge on any atom is 0.335 e. The van der Waals surface area contributed by atoms with Gasteiger partial charge in [0.1, 0.15) is 12.4 Å². The second-order valence-electron chi connectivity index (χ2n) is 9.59. The Balaban J connectivity index is 1.70. The summed E-state index contributed by atoms with van der Waals surface area (Å²) >= 11 is 0. The number of carbonyl (C=O) groups is 1. The topological polar surface area (TPSA) is 49.7 Å². The first-order valence-corrected chi connectivity index (χ1v) is 13.1. The van der Waals surface area contributed by atoms with E-state index in [0.717, 1.165) is 17.9 Å². The van der Waals surface area contributed by atoms with Gasteiger partial charge in [-0.05, 0) is 55.0 Å². The SMILES string of the molecule is CCOC(=O)[C@@H](Cc1ccc(OCCn2c(C(C)C)cc(-c3ccccc3)c2C(C)C)cc1)OCC. The average molecular weight is 492 g/mol. The second-order valence-corrected chi connectivity index (χ2v) is 9.59. The summed E-state index contributed by atoms with van der Waals surface area (Å²) in [5.41, 5.74) is 6.26. The molecule has 36 heavy (non-hydrogen) atoms. The molecule has 0 bridgehead atoms. The highest BCUT2D eigenvalue weighted by molar-refractivity contribution is 5.75. The molecule has 5 nitrogen and oxygen atoms in total. The Bertz CT molecular complexity index is 1080. The van der Waals surface area contributed by atoms with Gasteiger partial charge in [0.25, 0.3) is 0 Å². The zero-order valence-corrected chi connectivity index (χ0v) is 22.6. The predicted molar refractivity (Wildman–Crippen MR) is 146 cm³/mol. The van der Waals surface area contributed by atoms with Crippen molar-refractivity contribution >= 4 is 5.97 Å². The van der Waals surface area contributed by atoms with E-state index in [-0.39, 0.29) is 5.97 Å². The maximum absolute atomic E-state index is 12.1. The van der Waals surface area contributed by atoms with Crippen LogP contribution < -0.4 is 4.74 Å². The van der Waals surface area contributed by atoms with Crippen molar-refractivity contribution in [3.05, 3.63) is 77.6 Å². The minimum Gasteiger partial charge on any atom is -0.492 e. The van der Waals surface area contributed by atoms with Crippen molar-refractivity contribution in [2.75, 3.05) is 19.8 Å². The summed E-state index contributed by atoms with van der Waals surface area (Å²) < 4.78 is 19.3. The molecule has 0 saturated heterocycles. The Morgan fingerprint density at radius 1 is 0.889 bits per heavy atom. The number of aromatic nitrogens is 1. The Kier molecular flexibility index (Phi) is 10.2. The Hall–Kier alpha value is -3.05. The smallest absolute Gasteiger partial charge is 0.335 e. The van der Waals surface area contributed by atoms with E-state index < -0.39 is 6.10 Å². The van der Waals surface area contributed by atoms with Gasteiger partial charge in [0, 0.05) is 30.0 Å². The van der Waals surface area contributed by atoms with Crippen molar-refractivity contribution in [3.8, 4) is 16.9 Å². The number of rotatable bonds is 13. The van der Waals surface area contributed by atoms with Gasteiger partial charge in [-0.15, -0.1) is 0 Å². The highest BCUT2D eigenvalue weighted by Crippen LogP contribution is 2.35. The summed E-state index contributed by atoms with van der Waals surface area (Å²) in [5.74, 6) is 1.31. The molecule has 0 aliphatic carbocycles. The number of ether oxygens (including phenoxy) is 3. The molecule has 3 rings (SSSR count). The molecule has 0 radical (unpaired) electrons. The lowest BCUT2D eigenvalue weighted by Gasteiger charge is -2.19. The van der Waals surface area contributed by atoms with Crippen LogP contribution in [0.2, 0.25) is 0 Å². The highest BCUT2D eigenvalue weighted by Gasteiger charge is 2.21. The van der Waals surface area contributed by atoms with Gasteiger partial charge in [0.2, 0.25) is 0 Å². The average Bonchev–Trinajstić information content (AvgIpc) is 3.25. The molecule has 0 spiro atoms. The van der Waals surface area contributed by atoms with Gasteiger partial charge in [-0.2, -0.15) is 0 Å². The third-order valence-corrected chi connectivity index (χ3v) is 6.24. The predicted octanol–water partition coefficient (Wildman–Crippen LogP) is 6.99. The molecule has 0 aliphatic heterocycles. The van der Waals surface area contributed by atoms with Crippen molar-refractivity contribution in [2.24, 2.45) is 0 Å². The minimum absolute atomic E-state index is 0.316. The molecule has 0 saturated carbocycles. The molecule has 1 atom stereocenters. The quantitative estimate of drug-likeness (QED) is 0.242. The van der Waals surface area contributed by atoms with Gasteiger partial charge in [-0.3, -0.25) is 0 Å². The molecule has 1 aromatic heterocycles. The molecule has 0 unspecified atom stereocenters. The van der Waals surface area contributed by atoms with Crippen LogP contribution in [0.5, 0.6) is 5.75 Å². The third-order valence-electron chi connectivity index (χ3n) is 6.24. The van der Waals surface area contributed by atoms with Crippen molar-refractivity contribution in [3.63, 3.8) is 0 Å². The van der Waals surface area contributed by atoms with Crippen molar-refractivity contribution < 1.29 is 19.0 Å². The molecular formula is C31H41NO4. The van der Waals surface area contributed by atoms with Crippen molar-refractivity contribution in [1.29, 1.82) is 0 Å². The lowest BCUT2D eigenvalue weighted by atomic mass is 9.99. The molecule has 1 heterocycles. The first-order valence-electron chi connectivity index (χ1n) is 13.1. The van der Waals surface area contributed by atoms with Crippen LogP contribution in [0.15, 0.2) is 60.7 Å². The number of benzene rings is 2. The number of nitrogens with zero attached hydrogens (tertiary/aromatic N) is 1. The number of esters is 1. The zero-order chi connectivity index (χ0) is 26.1. The lowest BCUT2D eigenvalue weighted by molar-refractivity contribution is -0.156. The van der Waals surface area contributed by atoms with Gasteiger partial charge >= 0.3 is 5.97 Å². The molecule has 0 fully saturated rings. The molecule has 0 aliphatic rings. The monoisotopic (exact) mass is 491 g/mol. The van der Waals surface area contributed by atoms with Crippen molar-refractivity contribution in [1.82, 2.24) is 4.57 Å². The lowest BCUT2D eigenvalue weighted by Crippen LogP contribution is -2.28. The van der Waals surface area contributed by atoms with E-state index in [9.17, 15) is 4.79 Å². The van der Waals surface area contributed by atoms with Crippen molar-refractivity contribution in [2.45, 2.75) is 72.4 Å². The molecule has 2 aromatic carbocycles. The summed E-state index contributed by atoms with van der Waals surface area (Å²) in [4.78, 5) is 12.1. The first kappa shape index (κ1) is 27.5. The maximum atomic E-state index is 12.1. The van der Waals surface area contributed by atoms with E-state index in [0.29, 0.717) is 38.1 Å². The number of hydrogen-bond donors (Lipinski definition) is 0. The summed E-state index contributed by atoms with van der Waals surface area (Å²) in [6, 6.07) is 20.9. The summed E-state index contributed by atoms with van der Waals surface area (Å²) in [7, 11) is 0. The first-order chi connectivity index (χ1) is 17.3. The molecule has 0 amide bonds. The van der Waals surface area contributed by atoms with Crippen LogP contribution in [-0.2, 0) is 27.2 Å². The van der Waals surface area contributed by atoms with E-state index in [1.54, 1.807) is 6.92 Å². The zero-order valence-electron chi connectivity index (χ0n) is 22.6. The standard InChI is InChI=1S/C31H41NO4/c1-7-34-29(31(33)35-8-2)20-24-14-16-26(17-15-24)36-19-18-32-28(22(3)4)21-27(30(32)23(5)6)25-12-10-9-11-13-25/h9-17,21-23,29H,7-8,18-20H2,1-6H3/t29-/m1/s1. The van der Waals surface area contributed by atoms with Gasteiger partial charge in [-0.25, -0.2) is 4.79 Å². The molecule has 194 valence electrons. The van der Waals surface area contributed by atoms with Crippen LogP contribution in [0.25, 0.3) is 11.1 Å². The fourth-order valence-electron chi connectivity index (χ4n) is 4.62. The van der Waals surface area contributed by atoms with E-state index in [1.807, 2.05) is 31.2 Å². The summed E-state index contributed by atoms with van der Waals surface area (Å²) in [6.45, 7) is 14.9. The molecule has 0 N–H and O–H groups in total. The fourth-order valence-corrected chi connectivity index (χ4v) is 4.62. The molecule has 5 heteroatoms.